The predicted molar refractivity (Wildman–Crippen MR) is 76.0 cm³/mol. The van der Waals surface area contributed by atoms with Gasteiger partial charge in [-0.25, -0.2) is 13.1 Å². The van der Waals surface area contributed by atoms with Crippen LogP contribution in [0.25, 0.3) is 0 Å². The van der Waals surface area contributed by atoms with Gasteiger partial charge in [-0.15, -0.1) is 0 Å². The van der Waals surface area contributed by atoms with Crippen molar-refractivity contribution in [2.24, 2.45) is 5.41 Å². The van der Waals surface area contributed by atoms with Crippen LogP contribution in [0.15, 0.2) is 0 Å². The average molecular weight is 326 g/mol. The van der Waals surface area contributed by atoms with Crippen LogP contribution in [-0.2, 0) is 10.0 Å². The van der Waals surface area contributed by atoms with E-state index < -0.39 is 10.0 Å². The van der Waals surface area contributed by atoms with Gasteiger partial charge in [0.05, 0.1) is 5.25 Å². The maximum absolute atomic E-state index is 12.1. The predicted octanol–water partition coefficient (Wildman–Crippen LogP) is 3.05. The van der Waals surface area contributed by atoms with Crippen LogP contribution in [-0.4, -0.2) is 25.5 Å². The van der Waals surface area contributed by atoms with E-state index in [-0.39, 0.29) is 10.7 Å². The van der Waals surface area contributed by atoms with Gasteiger partial charge in [-0.2, -0.15) is 0 Å². The van der Waals surface area contributed by atoms with Gasteiger partial charge in [0.2, 0.25) is 10.0 Å². The maximum Gasteiger partial charge on any atom is 0.214 e. The monoisotopic (exact) mass is 325 g/mol. The molecule has 0 atom stereocenters. The molecule has 0 saturated heterocycles. The van der Waals surface area contributed by atoms with Crippen LogP contribution in [0.1, 0.15) is 52.4 Å². The van der Waals surface area contributed by atoms with Gasteiger partial charge < -0.3 is 0 Å². The molecule has 5 heteroatoms. The lowest BCUT2D eigenvalue weighted by molar-refractivity contribution is 0.352. The third-order valence-corrected chi connectivity index (χ3v) is 5.81. The summed E-state index contributed by atoms with van der Waals surface area (Å²) in [5.41, 5.74) is 0.0191. The number of alkyl halides is 1. The molecule has 102 valence electrons. The Kier molecular flexibility index (Phi) is 5.93. The normalized spacial score (nSPS) is 19.5. The smallest absolute Gasteiger partial charge is 0.214 e. The van der Waals surface area contributed by atoms with E-state index in [0.717, 1.165) is 37.4 Å². The van der Waals surface area contributed by atoms with Crippen molar-refractivity contribution in [2.45, 2.75) is 57.6 Å². The van der Waals surface area contributed by atoms with Gasteiger partial charge in [-0.1, -0.05) is 49.0 Å². The topological polar surface area (TPSA) is 46.2 Å². The second-order valence-electron chi connectivity index (χ2n) is 5.73. The second-order valence-corrected chi connectivity index (χ2v) is 8.57. The van der Waals surface area contributed by atoms with Crippen LogP contribution in [0.3, 0.4) is 0 Å². The molecule has 1 fully saturated rings. The first-order valence-electron chi connectivity index (χ1n) is 6.42. The lowest BCUT2D eigenvalue weighted by Crippen LogP contribution is -2.40. The molecule has 0 aromatic heterocycles. The van der Waals surface area contributed by atoms with Gasteiger partial charge in [0, 0.05) is 11.9 Å². The van der Waals surface area contributed by atoms with E-state index in [1.54, 1.807) is 0 Å². The van der Waals surface area contributed by atoms with E-state index in [2.05, 4.69) is 34.5 Å². The van der Waals surface area contributed by atoms with Crippen molar-refractivity contribution in [3.05, 3.63) is 0 Å². The Balaban J connectivity index is 2.49. The molecule has 0 aromatic rings. The summed E-state index contributed by atoms with van der Waals surface area (Å²) < 4.78 is 27.0. The van der Waals surface area contributed by atoms with Crippen molar-refractivity contribution in [1.82, 2.24) is 4.72 Å². The number of hydrogen-bond donors (Lipinski definition) is 1. The van der Waals surface area contributed by atoms with Crippen LogP contribution >= 0.6 is 15.9 Å². The summed E-state index contributed by atoms with van der Waals surface area (Å²) in [4.78, 5) is 0. The molecule has 0 radical (unpaired) electrons. The third kappa shape index (κ3) is 5.26. The summed E-state index contributed by atoms with van der Waals surface area (Å²) in [5, 5.41) is 0.751. The van der Waals surface area contributed by atoms with Crippen molar-refractivity contribution in [3.8, 4) is 0 Å². The van der Waals surface area contributed by atoms with Crippen molar-refractivity contribution >= 4 is 26.0 Å². The Bertz CT molecular complexity index is 321. The summed E-state index contributed by atoms with van der Waals surface area (Å²) in [6, 6.07) is 0. The van der Waals surface area contributed by atoms with Crippen LogP contribution < -0.4 is 4.72 Å². The van der Waals surface area contributed by atoms with E-state index >= 15 is 0 Å². The fourth-order valence-corrected chi connectivity index (χ4v) is 4.99. The van der Waals surface area contributed by atoms with Gasteiger partial charge in [0.15, 0.2) is 0 Å². The summed E-state index contributed by atoms with van der Waals surface area (Å²) in [7, 11) is -3.10. The first-order valence-corrected chi connectivity index (χ1v) is 9.09. The van der Waals surface area contributed by atoms with Crippen LogP contribution in [0.5, 0.6) is 0 Å². The Morgan fingerprint density at radius 2 is 1.82 bits per heavy atom. The van der Waals surface area contributed by atoms with Gasteiger partial charge in [-0.3, -0.25) is 0 Å². The number of nitrogens with one attached hydrogen (secondary N) is 1. The van der Waals surface area contributed by atoms with Gasteiger partial charge in [0.25, 0.3) is 0 Å². The summed E-state index contributed by atoms with van der Waals surface area (Å²) in [6.07, 6.45) is 5.91. The standard InChI is InChI=1S/C12H24BrNO2S/c1-12(2,8-9-13)10-14-17(15,16)11-6-4-3-5-7-11/h11,14H,3-10H2,1-2H3. The fourth-order valence-electron chi connectivity index (χ4n) is 2.13. The Labute approximate surface area is 114 Å². The molecule has 0 spiro atoms. The van der Waals surface area contributed by atoms with Crippen LogP contribution in [0.2, 0.25) is 0 Å². The molecule has 0 heterocycles. The zero-order valence-corrected chi connectivity index (χ0v) is 13.2. The van der Waals surface area contributed by atoms with E-state index in [9.17, 15) is 8.42 Å². The first-order chi connectivity index (χ1) is 7.87. The summed E-state index contributed by atoms with van der Waals surface area (Å²) in [6.45, 7) is 4.73. The second kappa shape index (κ2) is 6.53. The largest absolute Gasteiger partial charge is 0.214 e. The van der Waals surface area contributed by atoms with Crippen LogP contribution in [0, 0.1) is 5.41 Å². The molecular weight excluding hydrogens is 302 g/mol. The molecule has 1 saturated carbocycles. The summed E-state index contributed by atoms with van der Waals surface area (Å²) >= 11 is 3.41. The van der Waals surface area contributed by atoms with E-state index in [1.807, 2.05) is 0 Å². The molecule has 1 aliphatic carbocycles. The maximum atomic E-state index is 12.1. The Morgan fingerprint density at radius 3 is 2.35 bits per heavy atom. The first kappa shape index (κ1) is 15.4. The van der Waals surface area contributed by atoms with E-state index in [1.165, 1.54) is 6.42 Å². The highest BCUT2D eigenvalue weighted by molar-refractivity contribution is 9.09. The zero-order valence-electron chi connectivity index (χ0n) is 10.8. The van der Waals surface area contributed by atoms with Gasteiger partial charge in [-0.05, 0) is 24.7 Å². The SMILES string of the molecule is CC(C)(CCBr)CNS(=O)(=O)C1CCCCC1. The molecule has 1 rings (SSSR count). The number of hydrogen-bond acceptors (Lipinski definition) is 2. The lowest BCUT2D eigenvalue weighted by Gasteiger charge is -2.27. The molecular formula is C12H24BrNO2S. The molecule has 0 bridgehead atoms. The van der Waals surface area contributed by atoms with Crippen LogP contribution in [0.4, 0.5) is 0 Å². The number of rotatable bonds is 6. The Morgan fingerprint density at radius 1 is 1.24 bits per heavy atom. The molecule has 0 aromatic carbocycles. The summed E-state index contributed by atoms with van der Waals surface area (Å²) in [5.74, 6) is 0. The fraction of sp³-hybridized carbons (Fsp3) is 1.00. The minimum absolute atomic E-state index is 0.0191. The molecule has 0 amide bonds. The molecule has 0 unspecified atom stereocenters. The minimum atomic E-state index is -3.10. The zero-order chi connectivity index (χ0) is 12.9. The quantitative estimate of drug-likeness (QED) is 0.763. The average Bonchev–Trinajstić information content (AvgIpc) is 2.28. The number of halogens is 1. The highest BCUT2D eigenvalue weighted by Crippen LogP contribution is 2.25. The molecule has 1 N–H and O–H groups in total. The Hall–Kier alpha value is 0.390. The molecule has 3 nitrogen and oxygen atoms in total. The van der Waals surface area contributed by atoms with Crippen molar-refractivity contribution in [1.29, 1.82) is 0 Å². The minimum Gasteiger partial charge on any atom is -0.214 e. The molecule has 17 heavy (non-hydrogen) atoms. The number of sulfonamides is 1. The molecule has 0 aliphatic heterocycles. The highest BCUT2D eigenvalue weighted by Gasteiger charge is 2.28. The van der Waals surface area contributed by atoms with E-state index in [0.29, 0.717) is 6.54 Å². The van der Waals surface area contributed by atoms with Crippen molar-refractivity contribution in [2.75, 3.05) is 11.9 Å². The van der Waals surface area contributed by atoms with Gasteiger partial charge >= 0.3 is 0 Å². The van der Waals surface area contributed by atoms with Gasteiger partial charge in [0.1, 0.15) is 0 Å². The molecule has 1 aliphatic rings. The van der Waals surface area contributed by atoms with E-state index in [4.69, 9.17) is 0 Å². The lowest BCUT2D eigenvalue weighted by atomic mass is 9.91. The van der Waals surface area contributed by atoms with Crippen molar-refractivity contribution in [3.63, 3.8) is 0 Å². The third-order valence-electron chi connectivity index (χ3n) is 3.51. The highest BCUT2D eigenvalue weighted by atomic mass is 79.9. The van der Waals surface area contributed by atoms with Crippen molar-refractivity contribution < 1.29 is 8.42 Å².